The van der Waals surface area contributed by atoms with Gasteiger partial charge >= 0.3 is 12.1 Å². The van der Waals surface area contributed by atoms with Gasteiger partial charge in [0, 0.05) is 13.1 Å². The number of hydrogen-bond acceptors (Lipinski definition) is 3. The summed E-state index contributed by atoms with van der Waals surface area (Å²) in [6.07, 6.45) is 2.52. The first-order valence-electron chi connectivity index (χ1n) is 5.10. The van der Waals surface area contributed by atoms with Crippen LogP contribution in [0.15, 0.2) is 11.6 Å². The normalized spacial score (nSPS) is 14.6. The minimum atomic E-state index is -0.956. The zero-order valence-corrected chi connectivity index (χ0v) is 9.20. The summed E-state index contributed by atoms with van der Waals surface area (Å²) >= 11 is 0. The first-order chi connectivity index (χ1) is 8.13. The van der Waals surface area contributed by atoms with Crippen molar-refractivity contribution in [2.24, 2.45) is 0 Å². The topological polar surface area (TPSA) is 103 Å². The van der Waals surface area contributed by atoms with Gasteiger partial charge in [-0.1, -0.05) is 11.6 Å². The fourth-order valence-corrected chi connectivity index (χ4v) is 1.45. The van der Waals surface area contributed by atoms with Gasteiger partial charge in [-0.05, 0) is 6.42 Å². The van der Waals surface area contributed by atoms with E-state index in [1.165, 1.54) is 4.90 Å². The standard InChI is InChI=1S/C10H13N3O4/c11-12-3-6-17-9(14)7-8-1-4-13(5-2-8)10(15)16/h1,3H,2,4-7H2,(H,15,16). The number of nitrogens with zero attached hydrogens (tertiary/aromatic N) is 3. The average molecular weight is 239 g/mol. The highest BCUT2D eigenvalue weighted by Crippen LogP contribution is 2.14. The minimum absolute atomic E-state index is 0.0656. The van der Waals surface area contributed by atoms with Crippen molar-refractivity contribution in [1.82, 2.24) is 4.90 Å². The molecular weight excluding hydrogens is 226 g/mol. The van der Waals surface area contributed by atoms with Gasteiger partial charge in [-0.15, -0.1) is 0 Å². The Bertz CT molecular complexity index is 385. The molecule has 1 aliphatic heterocycles. The van der Waals surface area contributed by atoms with Crippen LogP contribution in [0.25, 0.3) is 5.53 Å². The lowest BCUT2D eigenvalue weighted by Gasteiger charge is -2.23. The van der Waals surface area contributed by atoms with Gasteiger partial charge in [0.2, 0.25) is 0 Å². The molecule has 0 aromatic rings. The molecule has 7 nitrogen and oxygen atoms in total. The van der Waals surface area contributed by atoms with Crippen LogP contribution in [0.3, 0.4) is 0 Å². The van der Waals surface area contributed by atoms with Crippen LogP contribution in [0, 0.1) is 0 Å². The SMILES string of the molecule is [N-]=[N+]=CCOC(=O)CC1=CCN(C(=O)O)CC1. The molecular formula is C10H13N3O4. The van der Waals surface area contributed by atoms with Gasteiger partial charge in [-0.3, -0.25) is 4.79 Å². The average Bonchev–Trinajstić information content (AvgIpc) is 2.30. The smallest absolute Gasteiger partial charge is 0.407 e. The van der Waals surface area contributed by atoms with E-state index in [4.69, 9.17) is 15.4 Å². The van der Waals surface area contributed by atoms with Crippen molar-refractivity contribution in [3.8, 4) is 0 Å². The number of ether oxygens (including phenoxy) is 1. The Morgan fingerprint density at radius 3 is 2.94 bits per heavy atom. The van der Waals surface area contributed by atoms with Crippen LogP contribution in [0.4, 0.5) is 4.79 Å². The van der Waals surface area contributed by atoms with E-state index in [1.807, 2.05) is 0 Å². The molecule has 0 aromatic carbocycles. The molecule has 0 aliphatic carbocycles. The van der Waals surface area contributed by atoms with Crippen molar-refractivity contribution in [3.05, 3.63) is 17.2 Å². The van der Waals surface area contributed by atoms with Crippen LogP contribution in [0.2, 0.25) is 0 Å². The van der Waals surface area contributed by atoms with Crippen LogP contribution < -0.4 is 0 Å². The monoisotopic (exact) mass is 239 g/mol. The predicted octanol–water partition coefficient (Wildman–Crippen LogP) is 0.530. The zero-order valence-electron chi connectivity index (χ0n) is 9.20. The van der Waals surface area contributed by atoms with E-state index in [9.17, 15) is 9.59 Å². The largest absolute Gasteiger partial charge is 0.465 e. The molecule has 0 fully saturated rings. The summed E-state index contributed by atoms with van der Waals surface area (Å²) in [6.45, 7) is 0.631. The molecule has 92 valence electrons. The summed E-state index contributed by atoms with van der Waals surface area (Å²) in [5.74, 6) is -0.417. The molecule has 1 rings (SSSR count). The maximum Gasteiger partial charge on any atom is 0.407 e. The van der Waals surface area contributed by atoms with Gasteiger partial charge in [0.15, 0.2) is 6.61 Å². The fourth-order valence-electron chi connectivity index (χ4n) is 1.45. The van der Waals surface area contributed by atoms with Gasteiger partial charge in [0.25, 0.3) is 6.21 Å². The first-order valence-corrected chi connectivity index (χ1v) is 5.10. The Hall–Kier alpha value is -2.14. The zero-order chi connectivity index (χ0) is 12.7. The van der Waals surface area contributed by atoms with Gasteiger partial charge in [0.1, 0.15) is 0 Å². The van der Waals surface area contributed by atoms with Gasteiger partial charge < -0.3 is 20.3 Å². The number of hydrogen-bond donors (Lipinski definition) is 1. The van der Waals surface area contributed by atoms with Crippen LogP contribution in [-0.4, -0.2) is 52.8 Å². The summed E-state index contributed by atoms with van der Waals surface area (Å²) in [5.41, 5.74) is 8.96. The second kappa shape index (κ2) is 6.44. The molecule has 0 unspecified atom stereocenters. The second-order valence-corrected chi connectivity index (χ2v) is 3.50. The second-order valence-electron chi connectivity index (χ2n) is 3.50. The lowest BCUT2D eigenvalue weighted by Crippen LogP contribution is -2.33. The van der Waals surface area contributed by atoms with Gasteiger partial charge in [-0.2, -0.15) is 4.79 Å². The van der Waals surface area contributed by atoms with Crippen LogP contribution in [0.5, 0.6) is 0 Å². The Kier molecular flexibility index (Phi) is 4.90. The fraction of sp³-hybridized carbons (Fsp3) is 0.500. The third-order valence-electron chi connectivity index (χ3n) is 2.35. The van der Waals surface area contributed by atoms with E-state index in [0.717, 1.165) is 11.8 Å². The molecule has 1 aliphatic rings. The van der Waals surface area contributed by atoms with Crippen molar-refractivity contribution in [3.63, 3.8) is 0 Å². The molecule has 1 N–H and O–H groups in total. The molecule has 7 heteroatoms. The number of carbonyl (C=O) groups excluding carboxylic acids is 1. The molecule has 0 spiro atoms. The molecule has 17 heavy (non-hydrogen) atoms. The van der Waals surface area contributed by atoms with Crippen LogP contribution in [0.1, 0.15) is 12.8 Å². The van der Waals surface area contributed by atoms with Gasteiger partial charge in [0.05, 0.1) is 6.42 Å². The lowest BCUT2D eigenvalue weighted by molar-refractivity contribution is -0.141. The minimum Gasteiger partial charge on any atom is -0.465 e. The van der Waals surface area contributed by atoms with E-state index < -0.39 is 12.1 Å². The third-order valence-corrected chi connectivity index (χ3v) is 2.35. The number of carbonyl (C=O) groups is 2. The number of amides is 1. The number of rotatable bonds is 4. The van der Waals surface area contributed by atoms with E-state index in [2.05, 4.69) is 4.79 Å². The van der Waals surface area contributed by atoms with Crippen molar-refractivity contribution in [1.29, 1.82) is 0 Å². The van der Waals surface area contributed by atoms with Crippen LogP contribution >= 0.6 is 0 Å². The highest BCUT2D eigenvalue weighted by atomic mass is 16.5. The Morgan fingerprint density at radius 2 is 2.41 bits per heavy atom. The quantitative estimate of drug-likeness (QED) is 0.254. The van der Waals surface area contributed by atoms with E-state index in [-0.39, 0.29) is 13.0 Å². The van der Waals surface area contributed by atoms with E-state index in [1.54, 1.807) is 6.08 Å². The summed E-state index contributed by atoms with van der Waals surface area (Å²) in [5, 5.41) is 8.72. The summed E-state index contributed by atoms with van der Waals surface area (Å²) in [4.78, 5) is 25.9. The first kappa shape index (κ1) is 12.9. The third kappa shape index (κ3) is 4.48. The maximum atomic E-state index is 11.3. The molecule has 0 atom stereocenters. The predicted molar refractivity (Wildman–Crippen MR) is 57.6 cm³/mol. The van der Waals surface area contributed by atoms with Crippen molar-refractivity contribution in [2.75, 3.05) is 19.7 Å². The van der Waals surface area contributed by atoms with Crippen molar-refractivity contribution >= 4 is 18.3 Å². The maximum absolute atomic E-state index is 11.3. The summed E-state index contributed by atoms with van der Waals surface area (Å²) in [6, 6.07) is 0. The molecule has 0 radical (unpaired) electrons. The summed E-state index contributed by atoms with van der Waals surface area (Å²) < 4.78 is 4.74. The number of carboxylic acid groups (broad SMARTS) is 1. The van der Waals surface area contributed by atoms with E-state index >= 15 is 0 Å². The molecule has 0 saturated heterocycles. The summed E-state index contributed by atoms with van der Waals surface area (Å²) in [7, 11) is 0. The molecule has 1 amide bonds. The molecule has 0 bridgehead atoms. The van der Waals surface area contributed by atoms with Crippen molar-refractivity contribution < 1.29 is 24.2 Å². The van der Waals surface area contributed by atoms with E-state index in [0.29, 0.717) is 19.5 Å². The van der Waals surface area contributed by atoms with Crippen LogP contribution in [-0.2, 0) is 9.53 Å². The number of esters is 1. The van der Waals surface area contributed by atoms with Crippen molar-refractivity contribution in [2.45, 2.75) is 12.8 Å². The Labute approximate surface area is 97.9 Å². The molecule has 0 aromatic heterocycles. The molecule has 1 heterocycles. The lowest BCUT2D eigenvalue weighted by atomic mass is 10.1. The molecule has 0 saturated carbocycles. The Balaban J connectivity index is 2.35. The highest BCUT2D eigenvalue weighted by molar-refractivity contribution is 5.74. The Morgan fingerprint density at radius 1 is 1.65 bits per heavy atom. The van der Waals surface area contributed by atoms with Gasteiger partial charge in [-0.25, -0.2) is 4.79 Å². The highest BCUT2D eigenvalue weighted by Gasteiger charge is 2.17.